The van der Waals surface area contributed by atoms with Crippen LogP contribution in [0.15, 0.2) is 48.9 Å². The molecule has 1 atom stereocenters. The Labute approximate surface area is 199 Å². The Morgan fingerprint density at radius 2 is 2.00 bits per heavy atom. The van der Waals surface area contributed by atoms with Gasteiger partial charge in [0.25, 0.3) is 5.91 Å². The van der Waals surface area contributed by atoms with Gasteiger partial charge in [-0.05, 0) is 69.9 Å². The van der Waals surface area contributed by atoms with Gasteiger partial charge in [-0.1, -0.05) is 23.7 Å². The zero-order valence-corrected chi connectivity index (χ0v) is 19.7. The van der Waals surface area contributed by atoms with Gasteiger partial charge in [0, 0.05) is 36.1 Å². The molecule has 4 heterocycles. The van der Waals surface area contributed by atoms with Crippen LogP contribution in [0.2, 0.25) is 5.02 Å². The predicted molar refractivity (Wildman–Crippen MR) is 128 cm³/mol. The number of nitrogens with zero attached hydrogens (tertiary/aromatic N) is 6. The van der Waals surface area contributed by atoms with Crippen molar-refractivity contribution in [2.45, 2.75) is 38.3 Å². The van der Waals surface area contributed by atoms with Crippen molar-refractivity contribution in [1.29, 1.82) is 0 Å². The highest BCUT2D eigenvalue weighted by molar-refractivity contribution is 6.30. The summed E-state index contributed by atoms with van der Waals surface area (Å²) < 4.78 is 1.94. The number of aromatic nitrogens is 4. The molecule has 8 heteroatoms. The maximum absolute atomic E-state index is 13.4. The molecule has 0 saturated carbocycles. The summed E-state index contributed by atoms with van der Waals surface area (Å²) >= 11 is 6.15. The third-order valence-corrected chi connectivity index (χ3v) is 7.01. The molecular formula is C25H29ClN6O. The second-order valence-corrected chi connectivity index (χ2v) is 9.61. The smallest absolute Gasteiger partial charge is 0.257 e. The number of halogens is 1. The zero-order chi connectivity index (χ0) is 22.8. The van der Waals surface area contributed by atoms with Crippen LogP contribution in [0.4, 0.5) is 0 Å². The van der Waals surface area contributed by atoms with Gasteiger partial charge in [0.2, 0.25) is 0 Å². The standard InChI is InChI=1S/C25H29ClN6O/c1-30-12-8-18(9-13-30)16-31-17-20(15-28-31)25(33)32-11-3-6-23(32)22-7-10-27-24(29-22)19-4-2-5-21(26)14-19/h2,4-5,7,10,14-15,17-18,23H,3,6,8-9,11-13,16H2,1H3/t23-/m0/s1. The van der Waals surface area contributed by atoms with E-state index in [-0.39, 0.29) is 11.9 Å². The van der Waals surface area contributed by atoms with Crippen LogP contribution in [0.3, 0.4) is 0 Å². The van der Waals surface area contributed by atoms with Crippen LogP contribution < -0.4 is 0 Å². The third-order valence-electron chi connectivity index (χ3n) is 6.78. The summed E-state index contributed by atoms with van der Waals surface area (Å²) in [5.74, 6) is 1.27. The van der Waals surface area contributed by atoms with Gasteiger partial charge in [-0.25, -0.2) is 9.97 Å². The molecule has 33 heavy (non-hydrogen) atoms. The van der Waals surface area contributed by atoms with Crippen molar-refractivity contribution in [2.75, 3.05) is 26.7 Å². The summed E-state index contributed by atoms with van der Waals surface area (Å²) in [5, 5.41) is 5.15. The molecule has 7 nitrogen and oxygen atoms in total. The van der Waals surface area contributed by atoms with Crippen LogP contribution in [0.1, 0.15) is 47.8 Å². The number of hydrogen-bond donors (Lipinski definition) is 0. The Morgan fingerprint density at radius 3 is 2.82 bits per heavy atom. The molecule has 5 rings (SSSR count). The van der Waals surface area contributed by atoms with E-state index in [2.05, 4.69) is 22.0 Å². The fourth-order valence-corrected chi connectivity index (χ4v) is 5.08. The highest BCUT2D eigenvalue weighted by atomic mass is 35.5. The number of benzene rings is 1. The molecule has 2 saturated heterocycles. The molecule has 2 aliphatic rings. The SMILES string of the molecule is CN1CCC(Cn2cc(C(=O)N3CCC[C@H]3c3ccnc(-c4cccc(Cl)c4)n3)cn2)CC1. The fourth-order valence-electron chi connectivity index (χ4n) is 4.89. The average Bonchev–Trinajstić information content (AvgIpc) is 3.50. The molecule has 0 unspecified atom stereocenters. The monoisotopic (exact) mass is 464 g/mol. The van der Waals surface area contributed by atoms with Crippen LogP contribution in [-0.4, -0.2) is 62.1 Å². The van der Waals surface area contributed by atoms with Gasteiger partial charge in [-0.2, -0.15) is 5.10 Å². The van der Waals surface area contributed by atoms with E-state index < -0.39 is 0 Å². The second-order valence-electron chi connectivity index (χ2n) is 9.17. The minimum Gasteiger partial charge on any atom is -0.330 e. The minimum atomic E-state index is -0.0596. The van der Waals surface area contributed by atoms with Gasteiger partial charge in [0.1, 0.15) is 0 Å². The number of piperidine rings is 1. The Hall–Kier alpha value is -2.77. The van der Waals surface area contributed by atoms with Crippen LogP contribution in [0.5, 0.6) is 0 Å². The summed E-state index contributed by atoms with van der Waals surface area (Å²) in [4.78, 5) is 26.9. The number of hydrogen-bond acceptors (Lipinski definition) is 5. The summed E-state index contributed by atoms with van der Waals surface area (Å²) in [6, 6.07) is 9.38. The number of carbonyl (C=O) groups excluding carboxylic acids is 1. The van der Waals surface area contributed by atoms with Crippen molar-refractivity contribution in [1.82, 2.24) is 29.5 Å². The van der Waals surface area contributed by atoms with Gasteiger partial charge in [0.05, 0.1) is 23.5 Å². The van der Waals surface area contributed by atoms with E-state index in [1.807, 2.05) is 46.1 Å². The molecule has 2 fully saturated rings. The summed E-state index contributed by atoms with van der Waals surface area (Å²) in [6.45, 7) is 3.85. The number of carbonyl (C=O) groups is 1. The molecular weight excluding hydrogens is 436 g/mol. The van der Waals surface area contributed by atoms with Crippen LogP contribution in [0, 0.1) is 5.92 Å². The average molecular weight is 465 g/mol. The Bertz CT molecular complexity index is 1120. The lowest BCUT2D eigenvalue weighted by molar-refractivity contribution is 0.0732. The van der Waals surface area contributed by atoms with Gasteiger partial charge in [0.15, 0.2) is 5.82 Å². The van der Waals surface area contributed by atoms with Gasteiger partial charge >= 0.3 is 0 Å². The molecule has 0 bridgehead atoms. The van der Waals surface area contributed by atoms with Gasteiger partial charge < -0.3 is 9.80 Å². The van der Waals surface area contributed by atoms with Crippen LogP contribution in [0.25, 0.3) is 11.4 Å². The van der Waals surface area contributed by atoms with Gasteiger partial charge in [-0.3, -0.25) is 9.48 Å². The highest BCUT2D eigenvalue weighted by Gasteiger charge is 2.32. The first-order chi connectivity index (χ1) is 16.1. The normalized spacial score (nSPS) is 19.8. The third kappa shape index (κ3) is 4.94. The fraction of sp³-hybridized carbons (Fsp3) is 0.440. The molecule has 2 aromatic heterocycles. The lowest BCUT2D eigenvalue weighted by Crippen LogP contribution is -2.32. The van der Waals surface area contributed by atoms with Crippen molar-refractivity contribution in [3.05, 3.63) is 65.2 Å². The maximum Gasteiger partial charge on any atom is 0.257 e. The van der Waals surface area contributed by atoms with Crippen LogP contribution in [-0.2, 0) is 6.54 Å². The Morgan fingerprint density at radius 1 is 1.15 bits per heavy atom. The molecule has 1 amide bonds. The Kier molecular flexibility index (Phi) is 6.42. The summed E-state index contributed by atoms with van der Waals surface area (Å²) in [6.07, 6.45) is 9.59. The lowest BCUT2D eigenvalue weighted by atomic mass is 9.97. The van der Waals surface area contributed by atoms with E-state index in [4.69, 9.17) is 16.6 Å². The summed E-state index contributed by atoms with van der Waals surface area (Å²) in [7, 11) is 2.17. The van der Waals surface area contributed by atoms with E-state index in [9.17, 15) is 4.79 Å². The molecule has 0 spiro atoms. The van der Waals surface area contributed by atoms with Crippen molar-refractivity contribution in [3.8, 4) is 11.4 Å². The molecule has 0 radical (unpaired) electrons. The molecule has 0 N–H and O–H groups in total. The van der Waals surface area contributed by atoms with Crippen molar-refractivity contribution >= 4 is 17.5 Å². The maximum atomic E-state index is 13.4. The number of likely N-dealkylation sites (tertiary alicyclic amines) is 2. The summed E-state index contributed by atoms with van der Waals surface area (Å²) in [5.41, 5.74) is 2.39. The van der Waals surface area contributed by atoms with E-state index >= 15 is 0 Å². The number of rotatable bonds is 5. The van der Waals surface area contributed by atoms with Crippen molar-refractivity contribution in [3.63, 3.8) is 0 Å². The first kappa shape index (κ1) is 22.0. The number of amides is 1. The van der Waals surface area contributed by atoms with E-state index in [0.29, 0.717) is 22.3 Å². The van der Waals surface area contributed by atoms with Crippen LogP contribution >= 0.6 is 11.6 Å². The van der Waals surface area contributed by atoms with Gasteiger partial charge in [-0.15, -0.1) is 0 Å². The van der Waals surface area contributed by atoms with Crippen molar-refractivity contribution in [2.24, 2.45) is 5.92 Å². The second kappa shape index (κ2) is 9.61. The Balaban J connectivity index is 1.30. The molecule has 0 aliphatic carbocycles. The molecule has 1 aromatic carbocycles. The predicted octanol–water partition coefficient (Wildman–Crippen LogP) is 4.31. The first-order valence-corrected chi connectivity index (χ1v) is 12.1. The highest BCUT2D eigenvalue weighted by Crippen LogP contribution is 2.33. The quantitative estimate of drug-likeness (QED) is 0.562. The largest absolute Gasteiger partial charge is 0.330 e. The minimum absolute atomic E-state index is 0.0232. The van der Waals surface area contributed by atoms with E-state index in [0.717, 1.165) is 50.3 Å². The molecule has 172 valence electrons. The zero-order valence-electron chi connectivity index (χ0n) is 18.9. The van der Waals surface area contributed by atoms with Crippen molar-refractivity contribution < 1.29 is 4.79 Å². The first-order valence-electron chi connectivity index (χ1n) is 11.7. The lowest BCUT2D eigenvalue weighted by Gasteiger charge is -2.28. The molecule has 2 aliphatic heterocycles. The topological polar surface area (TPSA) is 67.2 Å². The molecule has 3 aromatic rings. The van der Waals surface area contributed by atoms with E-state index in [1.54, 1.807) is 12.4 Å². The van der Waals surface area contributed by atoms with E-state index in [1.165, 1.54) is 12.8 Å².